The number of aryl methyl sites for hydroxylation is 1. The maximum absolute atomic E-state index is 5.53. The molecule has 0 saturated carbocycles. The first kappa shape index (κ1) is 14.6. The monoisotopic (exact) mass is 269 g/mol. The van der Waals surface area contributed by atoms with E-state index in [9.17, 15) is 0 Å². The largest absolute Gasteiger partial charge is 0.496 e. The average molecular weight is 269 g/mol. The highest BCUT2D eigenvalue weighted by Crippen LogP contribution is 2.28. The Kier molecular flexibility index (Phi) is 5.19. The summed E-state index contributed by atoms with van der Waals surface area (Å²) in [6.07, 6.45) is 0.967. The first-order valence-electron chi connectivity index (χ1n) is 7.16. The van der Waals surface area contributed by atoms with E-state index >= 15 is 0 Å². The molecule has 0 bridgehead atoms. The summed E-state index contributed by atoms with van der Waals surface area (Å²) < 4.78 is 5.53. The quantitative estimate of drug-likeness (QED) is 0.859. The molecule has 2 nitrogen and oxygen atoms in total. The molecule has 0 radical (unpaired) electrons. The third-order valence-corrected chi connectivity index (χ3v) is 3.49. The highest BCUT2D eigenvalue weighted by molar-refractivity contribution is 5.40. The molecule has 2 heteroatoms. The lowest BCUT2D eigenvalue weighted by Crippen LogP contribution is -2.23. The van der Waals surface area contributed by atoms with E-state index in [1.165, 1.54) is 16.7 Å². The van der Waals surface area contributed by atoms with Crippen LogP contribution in [0.2, 0.25) is 0 Å². The van der Waals surface area contributed by atoms with E-state index in [4.69, 9.17) is 4.74 Å². The van der Waals surface area contributed by atoms with Gasteiger partial charge in [0.15, 0.2) is 0 Å². The van der Waals surface area contributed by atoms with Gasteiger partial charge in [-0.1, -0.05) is 55.0 Å². The molecule has 20 heavy (non-hydrogen) atoms. The van der Waals surface area contributed by atoms with Crippen molar-refractivity contribution in [1.29, 1.82) is 0 Å². The Morgan fingerprint density at radius 1 is 1.10 bits per heavy atom. The molecule has 1 N–H and O–H groups in total. The normalized spacial score (nSPS) is 12.2. The number of hydrogen-bond donors (Lipinski definition) is 1. The number of ether oxygens (including phenoxy) is 1. The molecule has 0 aliphatic carbocycles. The zero-order valence-corrected chi connectivity index (χ0v) is 12.5. The molecule has 0 saturated heterocycles. The summed E-state index contributed by atoms with van der Waals surface area (Å²) in [7, 11) is 1.74. The molecule has 0 spiro atoms. The van der Waals surface area contributed by atoms with Crippen molar-refractivity contribution in [3.8, 4) is 5.75 Å². The number of rotatable bonds is 6. The summed E-state index contributed by atoms with van der Waals surface area (Å²) in [5, 5.41) is 3.57. The fraction of sp³-hybridized carbons (Fsp3) is 0.333. The lowest BCUT2D eigenvalue weighted by Gasteiger charge is -2.21. The van der Waals surface area contributed by atoms with E-state index in [0.29, 0.717) is 0 Å². The number of methoxy groups -OCH3 is 1. The van der Waals surface area contributed by atoms with Gasteiger partial charge in [0.25, 0.3) is 0 Å². The van der Waals surface area contributed by atoms with Crippen LogP contribution in [0.3, 0.4) is 0 Å². The molecule has 2 rings (SSSR count). The SMILES string of the molecule is CCNC(Cc1ccccc1)c1cc(C)ccc1OC. The number of benzene rings is 2. The van der Waals surface area contributed by atoms with Crippen molar-refractivity contribution in [2.75, 3.05) is 13.7 Å². The molecular formula is C18H23NO. The topological polar surface area (TPSA) is 21.3 Å². The van der Waals surface area contributed by atoms with Crippen LogP contribution >= 0.6 is 0 Å². The summed E-state index contributed by atoms with van der Waals surface area (Å²) in [6.45, 7) is 5.20. The van der Waals surface area contributed by atoms with Crippen molar-refractivity contribution >= 4 is 0 Å². The number of hydrogen-bond acceptors (Lipinski definition) is 2. The van der Waals surface area contributed by atoms with Crippen LogP contribution in [0, 0.1) is 6.92 Å². The summed E-state index contributed by atoms with van der Waals surface area (Å²) >= 11 is 0. The summed E-state index contributed by atoms with van der Waals surface area (Å²) in [4.78, 5) is 0. The fourth-order valence-corrected chi connectivity index (χ4v) is 2.51. The lowest BCUT2D eigenvalue weighted by atomic mass is 9.96. The van der Waals surface area contributed by atoms with Crippen molar-refractivity contribution in [2.45, 2.75) is 26.3 Å². The van der Waals surface area contributed by atoms with E-state index < -0.39 is 0 Å². The Morgan fingerprint density at radius 3 is 2.50 bits per heavy atom. The van der Waals surface area contributed by atoms with Gasteiger partial charge in [0.1, 0.15) is 5.75 Å². The predicted molar refractivity (Wildman–Crippen MR) is 84.3 cm³/mol. The van der Waals surface area contributed by atoms with Crippen LogP contribution in [-0.4, -0.2) is 13.7 Å². The van der Waals surface area contributed by atoms with Gasteiger partial charge in [-0.05, 0) is 31.5 Å². The van der Waals surface area contributed by atoms with Gasteiger partial charge in [0, 0.05) is 11.6 Å². The van der Waals surface area contributed by atoms with Crippen LogP contribution in [0.4, 0.5) is 0 Å². The van der Waals surface area contributed by atoms with Crippen molar-refractivity contribution in [3.63, 3.8) is 0 Å². The Bertz CT molecular complexity index is 536. The molecule has 0 aromatic heterocycles. The van der Waals surface area contributed by atoms with E-state index in [1.54, 1.807) is 7.11 Å². The summed E-state index contributed by atoms with van der Waals surface area (Å²) in [5.41, 5.74) is 3.83. The first-order chi connectivity index (χ1) is 9.74. The second-order valence-electron chi connectivity index (χ2n) is 5.05. The Labute approximate surface area is 121 Å². The van der Waals surface area contributed by atoms with Gasteiger partial charge in [-0.15, -0.1) is 0 Å². The van der Waals surface area contributed by atoms with Gasteiger partial charge in [-0.2, -0.15) is 0 Å². The molecule has 0 aliphatic rings. The maximum Gasteiger partial charge on any atom is 0.123 e. The molecule has 0 heterocycles. The molecule has 0 fully saturated rings. The van der Waals surface area contributed by atoms with Gasteiger partial charge >= 0.3 is 0 Å². The van der Waals surface area contributed by atoms with Crippen LogP contribution in [-0.2, 0) is 6.42 Å². The molecule has 0 aliphatic heterocycles. The van der Waals surface area contributed by atoms with Gasteiger partial charge in [-0.25, -0.2) is 0 Å². The van der Waals surface area contributed by atoms with E-state index in [2.05, 4.69) is 67.7 Å². The highest BCUT2D eigenvalue weighted by atomic mass is 16.5. The van der Waals surface area contributed by atoms with Gasteiger partial charge < -0.3 is 10.1 Å². The lowest BCUT2D eigenvalue weighted by molar-refractivity contribution is 0.399. The zero-order valence-electron chi connectivity index (χ0n) is 12.5. The molecule has 1 atom stereocenters. The molecule has 2 aromatic carbocycles. The van der Waals surface area contributed by atoms with Gasteiger partial charge in [-0.3, -0.25) is 0 Å². The second kappa shape index (κ2) is 7.11. The molecule has 0 amide bonds. The second-order valence-corrected chi connectivity index (χ2v) is 5.05. The molecule has 1 unspecified atom stereocenters. The standard InChI is InChI=1S/C18H23NO/c1-4-19-17(13-15-8-6-5-7-9-15)16-12-14(2)10-11-18(16)20-3/h5-12,17,19H,4,13H2,1-3H3. The van der Waals surface area contributed by atoms with Crippen molar-refractivity contribution in [3.05, 3.63) is 65.2 Å². The third-order valence-electron chi connectivity index (χ3n) is 3.49. The van der Waals surface area contributed by atoms with Gasteiger partial charge in [0.2, 0.25) is 0 Å². The number of nitrogens with one attached hydrogen (secondary N) is 1. The maximum atomic E-state index is 5.53. The van der Waals surface area contributed by atoms with Crippen LogP contribution in [0.15, 0.2) is 48.5 Å². The number of likely N-dealkylation sites (N-methyl/N-ethyl adjacent to an activating group) is 1. The summed E-state index contributed by atoms with van der Waals surface area (Å²) in [6, 6.07) is 17.2. The van der Waals surface area contributed by atoms with Crippen molar-refractivity contribution < 1.29 is 4.74 Å². The highest BCUT2D eigenvalue weighted by Gasteiger charge is 2.16. The minimum Gasteiger partial charge on any atom is -0.496 e. The van der Waals surface area contributed by atoms with Crippen molar-refractivity contribution in [2.24, 2.45) is 0 Å². The van der Waals surface area contributed by atoms with Crippen LogP contribution in [0.5, 0.6) is 5.75 Å². The van der Waals surface area contributed by atoms with E-state index in [-0.39, 0.29) is 6.04 Å². The Balaban J connectivity index is 2.30. The smallest absolute Gasteiger partial charge is 0.123 e. The zero-order chi connectivity index (χ0) is 14.4. The Morgan fingerprint density at radius 2 is 1.85 bits per heavy atom. The molecular weight excluding hydrogens is 246 g/mol. The summed E-state index contributed by atoms with van der Waals surface area (Å²) in [5.74, 6) is 0.956. The van der Waals surface area contributed by atoms with E-state index in [0.717, 1.165) is 18.7 Å². The minimum absolute atomic E-state index is 0.275. The van der Waals surface area contributed by atoms with E-state index in [1.807, 2.05) is 0 Å². The first-order valence-corrected chi connectivity index (χ1v) is 7.16. The van der Waals surface area contributed by atoms with Crippen LogP contribution in [0.1, 0.15) is 29.7 Å². The van der Waals surface area contributed by atoms with Crippen molar-refractivity contribution in [1.82, 2.24) is 5.32 Å². The fourth-order valence-electron chi connectivity index (χ4n) is 2.51. The van der Waals surface area contributed by atoms with Crippen LogP contribution in [0.25, 0.3) is 0 Å². The molecule has 106 valence electrons. The Hall–Kier alpha value is -1.80. The molecule has 2 aromatic rings. The average Bonchev–Trinajstić information content (AvgIpc) is 2.48. The minimum atomic E-state index is 0.275. The third kappa shape index (κ3) is 3.61. The van der Waals surface area contributed by atoms with Crippen LogP contribution < -0.4 is 10.1 Å². The predicted octanol–water partition coefficient (Wildman–Crippen LogP) is 3.90. The van der Waals surface area contributed by atoms with Gasteiger partial charge in [0.05, 0.1) is 7.11 Å².